The molecule has 1 aromatic carbocycles. The van der Waals surface area contributed by atoms with Crippen LogP contribution in [-0.2, 0) is 9.84 Å². The summed E-state index contributed by atoms with van der Waals surface area (Å²) in [5, 5.41) is 20.0. The Morgan fingerprint density at radius 3 is 2.47 bits per heavy atom. The van der Waals surface area contributed by atoms with Gasteiger partial charge in [-0.15, -0.1) is 0 Å². The van der Waals surface area contributed by atoms with E-state index in [2.05, 4.69) is 5.32 Å². The summed E-state index contributed by atoms with van der Waals surface area (Å²) in [5.74, 6) is -4.66. The summed E-state index contributed by atoms with van der Waals surface area (Å²) >= 11 is 0. The van der Waals surface area contributed by atoms with Crippen molar-refractivity contribution in [2.75, 3.05) is 18.5 Å². The van der Waals surface area contributed by atoms with Crippen molar-refractivity contribution < 1.29 is 31.8 Å². The van der Waals surface area contributed by atoms with Crippen molar-refractivity contribution >= 4 is 15.5 Å². The number of benzene rings is 1. The minimum atomic E-state index is -4.96. The molecule has 1 unspecified atom stereocenters. The average molecular weight is 299 g/mol. The molecule has 3 N–H and O–H groups in total. The van der Waals surface area contributed by atoms with Crippen LogP contribution in [0.15, 0.2) is 23.1 Å². The van der Waals surface area contributed by atoms with Gasteiger partial charge in [0, 0.05) is 6.54 Å². The van der Waals surface area contributed by atoms with Crippen LogP contribution >= 0.6 is 0 Å². The van der Waals surface area contributed by atoms with Crippen molar-refractivity contribution in [2.45, 2.75) is 16.8 Å². The molecule has 0 heterocycles. The zero-order chi connectivity index (χ0) is 14.6. The topological polar surface area (TPSA) is 86.6 Å². The van der Waals surface area contributed by atoms with Crippen LogP contribution in [0.2, 0.25) is 0 Å². The van der Waals surface area contributed by atoms with Gasteiger partial charge in [-0.1, -0.05) is 0 Å². The first-order valence-corrected chi connectivity index (χ1v) is 6.68. The fourth-order valence-electron chi connectivity index (χ4n) is 1.27. The molecule has 19 heavy (non-hydrogen) atoms. The van der Waals surface area contributed by atoms with Crippen molar-refractivity contribution in [1.29, 1.82) is 0 Å². The quantitative estimate of drug-likeness (QED) is 0.715. The van der Waals surface area contributed by atoms with E-state index in [0.29, 0.717) is 6.07 Å². The van der Waals surface area contributed by atoms with Crippen LogP contribution < -0.4 is 5.32 Å². The monoisotopic (exact) mass is 299 g/mol. The first-order chi connectivity index (χ1) is 8.78. The first kappa shape index (κ1) is 15.7. The highest BCUT2D eigenvalue weighted by Crippen LogP contribution is 2.27. The number of anilines is 1. The van der Waals surface area contributed by atoms with E-state index in [1.807, 2.05) is 0 Å². The van der Waals surface area contributed by atoms with E-state index in [0.717, 1.165) is 12.1 Å². The molecule has 0 radical (unpaired) electrons. The van der Waals surface area contributed by atoms with Crippen LogP contribution in [0.4, 0.5) is 18.9 Å². The highest BCUT2D eigenvalue weighted by molar-refractivity contribution is 7.91. The summed E-state index contributed by atoms with van der Waals surface area (Å²) in [6, 6.07) is 2.32. The maximum absolute atomic E-state index is 13.0. The summed E-state index contributed by atoms with van der Waals surface area (Å²) in [4.78, 5) is -0.896. The summed E-state index contributed by atoms with van der Waals surface area (Å²) in [7, 11) is -4.96. The molecular formula is C10H12F3NO4S. The molecule has 0 aliphatic rings. The Morgan fingerprint density at radius 2 is 1.95 bits per heavy atom. The van der Waals surface area contributed by atoms with E-state index in [9.17, 15) is 21.6 Å². The highest BCUT2D eigenvalue weighted by Gasteiger charge is 2.29. The van der Waals surface area contributed by atoms with E-state index in [1.165, 1.54) is 0 Å². The molecule has 0 fully saturated rings. The maximum atomic E-state index is 13.0. The third kappa shape index (κ3) is 3.82. The molecule has 0 aliphatic carbocycles. The summed E-state index contributed by atoms with van der Waals surface area (Å²) in [6.07, 6.45) is -1.20. The Hall–Kier alpha value is -1.32. The summed E-state index contributed by atoms with van der Waals surface area (Å²) in [6.45, 7) is -0.862. The SMILES string of the molecule is O=S(=O)(c1cc(F)ccc1NCC(O)CO)C(F)F. The van der Waals surface area contributed by atoms with E-state index in [-0.39, 0.29) is 12.2 Å². The minimum Gasteiger partial charge on any atom is -0.394 e. The molecule has 108 valence electrons. The molecule has 0 amide bonds. The zero-order valence-corrected chi connectivity index (χ0v) is 10.4. The van der Waals surface area contributed by atoms with Gasteiger partial charge in [0.2, 0.25) is 9.84 Å². The molecule has 0 bridgehead atoms. The third-order valence-corrected chi connectivity index (χ3v) is 3.64. The number of halogens is 3. The lowest BCUT2D eigenvalue weighted by molar-refractivity contribution is 0.105. The lowest BCUT2D eigenvalue weighted by Crippen LogP contribution is -2.24. The number of alkyl halides is 2. The van der Waals surface area contributed by atoms with Gasteiger partial charge in [0.25, 0.3) is 0 Å². The molecule has 9 heteroatoms. The average Bonchev–Trinajstić information content (AvgIpc) is 2.36. The van der Waals surface area contributed by atoms with E-state index in [4.69, 9.17) is 10.2 Å². The molecule has 5 nitrogen and oxygen atoms in total. The van der Waals surface area contributed by atoms with Crippen molar-refractivity contribution in [3.63, 3.8) is 0 Å². The third-order valence-electron chi connectivity index (χ3n) is 2.22. The van der Waals surface area contributed by atoms with Gasteiger partial charge in [0.1, 0.15) is 5.82 Å². The first-order valence-electron chi connectivity index (χ1n) is 5.13. The Bertz CT molecular complexity index is 536. The van der Waals surface area contributed by atoms with E-state index < -0.39 is 39.0 Å². The number of hydrogen-bond donors (Lipinski definition) is 3. The normalized spacial score (nSPS) is 13.6. The van der Waals surface area contributed by atoms with Gasteiger partial charge in [-0.3, -0.25) is 0 Å². The number of sulfone groups is 1. The highest BCUT2D eigenvalue weighted by atomic mass is 32.2. The molecule has 1 rings (SSSR count). The lowest BCUT2D eigenvalue weighted by atomic mass is 10.3. The molecule has 0 saturated heterocycles. The van der Waals surface area contributed by atoms with Crippen LogP contribution in [0, 0.1) is 5.82 Å². The van der Waals surface area contributed by atoms with Crippen molar-refractivity contribution in [1.82, 2.24) is 0 Å². The maximum Gasteiger partial charge on any atom is 0.341 e. The van der Waals surface area contributed by atoms with Crippen molar-refractivity contribution in [3.05, 3.63) is 24.0 Å². The van der Waals surface area contributed by atoms with Crippen LogP contribution in [-0.4, -0.2) is 43.6 Å². The Balaban J connectivity index is 3.12. The molecule has 0 saturated carbocycles. The Labute approximate surface area is 107 Å². The molecule has 1 atom stereocenters. The number of aliphatic hydroxyl groups excluding tert-OH is 2. The summed E-state index contributed by atoms with van der Waals surface area (Å²) < 4.78 is 60.6. The second kappa shape index (κ2) is 6.22. The fourth-order valence-corrected chi connectivity index (χ4v) is 2.18. The standard InChI is InChI=1S/C10H12F3NO4S/c11-6-1-2-8(14-4-7(16)5-15)9(3-6)19(17,18)10(12)13/h1-3,7,10,14-16H,4-5H2. The Kier molecular flexibility index (Phi) is 5.15. The van der Waals surface area contributed by atoms with Gasteiger partial charge in [0.05, 0.1) is 23.3 Å². The predicted molar refractivity (Wildman–Crippen MR) is 61.2 cm³/mol. The van der Waals surface area contributed by atoms with Crippen LogP contribution in [0.5, 0.6) is 0 Å². The second-order valence-electron chi connectivity index (χ2n) is 3.66. The second-order valence-corrected chi connectivity index (χ2v) is 5.55. The zero-order valence-electron chi connectivity index (χ0n) is 9.55. The van der Waals surface area contributed by atoms with Crippen molar-refractivity contribution in [2.24, 2.45) is 0 Å². The van der Waals surface area contributed by atoms with Gasteiger partial charge in [-0.25, -0.2) is 12.8 Å². The van der Waals surface area contributed by atoms with E-state index >= 15 is 0 Å². The number of aliphatic hydroxyl groups is 2. The van der Waals surface area contributed by atoms with Crippen LogP contribution in [0.1, 0.15) is 0 Å². The van der Waals surface area contributed by atoms with Gasteiger partial charge in [-0.05, 0) is 18.2 Å². The smallest absolute Gasteiger partial charge is 0.341 e. The number of rotatable bonds is 6. The Morgan fingerprint density at radius 1 is 1.32 bits per heavy atom. The predicted octanol–water partition coefficient (Wildman–Crippen LogP) is 0.587. The minimum absolute atomic E-state index is 0.269. The molecule has 0 aliphatic heterocycles. The summed E-state index contributed by atoms with van der Waals surface area (Å²) in [5.41, 5.74) is -0.269. The molecule has 0 spiro atoms. The van der Waals surface area contributed by atoms with Gasteiger partial charge in [0.15, 0.2) is 0 Å². The number of hydrogen-bond acceptors (Lipinski definition) is 5. The molecule has 1 aromatic rings. The van der Waals surface area contributed by atoms with Crippen LogP contribution in [0.25, 0.3) is 0 Å². The molecular weight excluding hydrogens is 287 g/mol. The fraction of sp³-hybridized carbons (Fsp3) is 0.400. The number of nitrogens with one attached hydrogen (secondary N) is 1. The van der Waals surface area contributed by atoms with Crippen molar-refractivity contribution in [3.8, 4) is 0 Å². The van der Waals surface area contributed by atoms with Gasteiger partial charge in [-0.2, -0.15) is 8.78 Å². The van der Waals surface area contributed by atoms with E-state index in [1.54, 1.807) is 0 Å². The molecule has 0 aromatic heterocycles. The van der Waals surface area contributed by atoms with Crippen LogP contribution in [0.3, 0.4) is 0 Å². The van der Waals surface area contributed by atoms with Gasteiger partial charge < -0.3 is 15.5 Å². The largest absolute Gasteiger partial charge is 0.394 e. The van der Waals surface area contributed by atoms with Gasteiger partial charge >= 0.3 is 5.76 Å². The lowest BCUT2D eigenvalue weighted by Gasteiger charge is -2.14.